The average molecular weight is 353 g/mol. The smallest absolute Gasteiger partial charge is 0.354 e. The number of carbonyl (C=O) groups excluding carboxylic acids is 2. The Bertz CT molecular complexity index is 987. The highest BCUT2D eigenvalue weighted by Crippen LogP contribution is 2.29. The third-order valence-electron chi connectivity index (χ3n) is 3.98. The monoisotopic (exact) mass is 353 g/mol. The summed E-state index contributed by atoms with van der Waals surface area (Å²) in [5.41, 5.74) is 8.20. The van der Waals surface area contributed by atoms with Gasteiger partial charge in [0.2, 0.25) is 5.82 Å². The number of methoxy groups -OCH3 is 1. The Labute approximate surface area is 150 Å². The second-order valence-electron chi connectivity index (χ2n) is 5.82. The minimum absolute atomic E-state index is 0.209. The number of amides is 1. The van der Waals surface area contributed by atoms with Crippen molar-refractivity contribution in [2.24, 2.45) is 14.1 Å². The lowest BCUT2D eigenvalue weighted by Crippen LogP contribution is -2.17. The first-order chi connectivity index (χ1) is 12.4. The molecule has 0 aliphatic heterocycles. The van der Waals surface area contributed by atoms with Gasteiger partial charge < -0.3 is 24.9 Å². The zero-order valence-electron chi connectivity index (χ0n) is 14.7. The summed E-state index contributed by atoms with van der Waals surface area (Å²) < 4.78 is 8.02. The highest BCUT2D eigenvalue weighted by Gasteiger charge is 2.18. The minimum atomic E-state index is -0.427. The van der Waals surface area contributed by atoms with E-state index in [1.165, 1.54) is 7.11 Å². The molecule has 134 valence electrons. The summed E-state index contributed by atoms with van der Waals surface area (Å²) in [6, 6.07) is 9.03. The van der Waals surface area contributed by atoms with Crippen LogP contribution >= 0.6 is 0 Å². The van der Waals surface area contributed by atoms with E-state index >= 15 is 0 Å². The van der Waals surface area contributed by atoms with E-state index in [1.807, 2.05) is 18.2 Å². The molecule has 0 aliphatic carbocycles. The number of anilines is 2. The molecular formula is C18H19N5O3. The van der Waals surface area contributed by atoms with Gasteiger partial charge in [0.25, 0.3) is 5.91 Å². The van der Waals surface area contributed by atoms with Crippen molar-refractivity contribution in [3.05, 3.63) is 54.2 Å². The molecule has 3 N–H and O–H groups in total. The number of esters is 1. The van der Waals surface area contributed by atoms with Crippen LogP contribution in [0.3, 0.4) is 0 Å². The normalized spacial score (nSPS) is 10.6. The molecule has 0 saturated carbocycles. The molecule has 0 aliphatic rings. The lowest BCUT2D eigenvalue weighted by molar-refractivity contribution is 0.0590. The molecule has 0 fully saturated rings. The van der Waals surface area contributed by atoms with E-state index in [4.69, 9.17) is 10.5 Å². The molecule has 0 atom stereocenters. The number of aromatic nitrogens is 3. The Morgan fingerprint density at radius 3 is 2.54 bits per heavy atom. The fourth-order valence-corrected chi connectivity index (χ4v) is 2.74. The van der Waals surface area contributed by atoms with Crippen LogP contribution in [0.1, 0.15) is 21.1 Å². The van der Waals surface area contributed by atoms with Gasteiger partial charge >= 0.3 is 5.97 Å². The molecule has 2 heterocycles. The van der Waals surface area contributed by atoms with E-state index in [9.17, 15) is 9.59 Å². The van der Waals surface area contributed by atoms with Gasteiger partial charge in [0, 0.05) is 43.3 Å². The first-order valence-electron chi connectivity index (χ1n) is 7.85. The van der Waals surface area contributed by atoms with Gasteiger partial charge in [-0.3, -0.25) is 4.79 Å². The summed E-state index contributed by atoms with van der Waals surface area (Å²) in [6.45, 7) is 0. The molecule has 0 spiro atoms. The van der Waals surface area contributed by atoms with Crippen LogP contribution in [0.15, 0.2) is 42.7 Å². The number of nitrogen functional groups attached to an aromatic ring is 1. The number of benzene rings is 1. The van der Waals surface area contributed by atoms with E-state index in [0.717, 1.165) is 11.1 Å². The summed E-state index contributed by atoms with van der Waals surface area (Å²) in [4.78, 5) is 28.4. The van der Waals surface area contributed by atoms with Crippen molar-refractivity contribution in [3.63, 3.8) is 0 Å². The Morgan fingerprint density at radius 1 is 1.15 bits per heavy atom. The first-order valence-corrected chi connectivity index (χ1v) is 7.85. The number of hydrogen-bond donors (Lipinski definition) is 2. The fraction of sp³-hybridized carbons (Fsp3) is 0.167. The molecule has 0 saturated heterocycles. The van der Waals surface area contributed by atoms with Crippen LogP contribution in [-0.4, -0.2) is 33.1 Å². The number of ether oxygens (including phenoxy) is 1. The maximum Gasteiger partial charge on any atom is 0.354 e. The third-order valence-corrected chi connectivity index (χ3v) is 3.98. The summed E-state index contributed by atoms with van der Waals surface area (Å²) in [5, 5.41) is 2.85. The van der Waals surface area contributed by atoms with Crippen LogP contribution < -0.4 is 11.1 Å². The van der Waals surface area contributed by atoms with Gasteiger partial charge in [-0.1, -0.05) is 18.2 Å². The summed E-state index contributed by atoms with van der Waals surface area (Å²) in [7, 11) is 4.79. The van der Waals surface area contributed by atoms with Gasteiger partial charge in [-0.25, -0.2) is 9.78 Å². The van der Waals surface area contributed by atoms with Crippen LogP contribution in [0.2, 0.25) is 0 Å². The van der Waals surface area contributed by atoms with E-state index in [-0.39, 0.29) is 17.5 Å². The summed E-state index contributed by atoms with van der Waals surface area (Å²) in [6.07, 6.45) is 3.37. The standard InChI is InChI=1S/C18H19N5O3/c1-22-9-11(8-14(22)18(25)26-3)12-6-4-5-7-13(12)20-17(24)16-21-15(19)10-23(16)2/h4-10H,19H2,1-3H3,(H,20,24). The van der Waals surface area contributed by atoms with E-state index in [1.54, 1.807) is 47.8 Å². The summed E-state index contributed by atoms with van der Waals surface area (Å²) >= 11 is 0. The van der Waals surface area contributed by atoms with Crippen molar-refractivity contribution < 1.29 is 14.3 Å². The fourth-order valence-electron chi connectivity index (χ4n) is 2.74. The van der Waals surface area contributed by atoms with E-state index in [0.29, 0.717) is 11.4 Å². The van der Waals surface area contributed by atoms with Crippen molar-refractivity contribution in [1.82, 2.24) is 14.1 Å². The molecule has 8 nitrogen and oxygen atoms in total. The van der Waals surface area contributed by atoms with Crippen LogP contribution in [-0.2, 0) is 18.8 Å². The van der Waals surface area contributed by atoms with Gasteiger partial charge in [0.05, 0.1) is 7.11 Å². The third kappa shape index (κ3) is 3.16. The number of nitrogens with two attached hydrogens (primary N) is 1. The van der Waals surface area contributed by atoms with Gasteiger partial charge in [0.1, 0.15) is 11.5 Å². The Kier molecular flexibility index (Phi) is 4.49. The predicted octanol–water partition coefficient (Wildman–Crippen LogP) is 2.05. The number of nitrogens with zero attached hydrogens (tertiary/aromatic N) is 3. The second kappa shape index (κ2) is 6.75. The molecule has 1 amide bonds. The Morgan fingerprint density at radius 2 is 1.88 bits per heavy atom. The van der Waals surface area contributed by atoms with Crippen LogP contribution in [0.25, 0.3) is 11.1 Å². The molecule has 2 aromatic heterocycles. The quantitative estimate of drug-likeness (QED) is 0.699. The van der Waals surface area contributed by atoms with Crippen molar-refractivity contribution in [2.75, 3.05) is 18.2 Å². The first kappa shape index (κ1) is 17.3. The van der Waals surface area contributed by atoms with Crippen molar-refractivity contribution in [3.8, 4) is 11.1 Å². The Balaban J connectivity index is 1.95. The molecule has 0 bridgehead atoms. The lowest BCUT2D eigenvalue weighted by atomic mass is 10.1. The van der Waals surface area contributed by atoms with Gasteiger partial charge in [-0.05, 0) is 12.1 Å². The Hall–Kier alpha value is -3.55. The highest BCUT2D eigenvalue weighted by atomic mass is 16.5. The molecule has 1 aromatic carbocycles. The van der Waals surface area contributed by atoms with Crippen molar-refractivity contribution >= 4 is 23.4 Å². The van der Waals surface area contributed by atoms with Gasteiger partial charge in [0.15, 0.2) is 0 Å². The zero-order chi connectivity index (χ0) is 18.8. The average Bonchev–Trinajstić information content (AvgIpc) is 3.16. The topological polar surface area (TPSA) is 104 Å². The van der Waals surface area contributed by atoms with E-state index in [2.05, 4.69) is 10.3 Å². The van der Waals surface area contributed by atoms with Crippen LogP contribution in [0.4, 0.5) is 11.5 Å². The lowest BCUT2D eigenvalue weighted by Gasteiger charge is -2.10. The maximum absolute atomic E-state index is 12.5. The number of para-hydroxylation sites is 1. The maximum atomic E-state index is 12.5. The number of carbonyl (C=O) groups is 2. The van der Waals surface area contributed by atoms with E-state index < -0.39 is 5.97 Å². The number of rotatable bonds is 4. The highest BCUT2D eigenvalue weighted by molar-refractivity contribution is 6.04. The molecule has 0 unspecified atom stereocenters. The SMILES string of the molecule is COC(=O)c1cc(-c2ccccc2NC(=O)c2nc(N)cn2C)cn1C. The molecule has 3 aromatic rings. The predicted molar refractivity (Wildman–Crippen MR) is 97.8 cm³/mol. The van der Waals surface area contributed by atoms with Crippen LogP contribution in [0, 0.1) is 0 Å². The molecule has 0 radical (unpaired) electrons. The van der Waals surface area contributed by atoms with Gasteiger partial charge in [-0.15, -0.1) is 0 Å². The number of imidazole rings is 1. The van der Waals surface area contributed by atoms with Crippen molar-refractivity contribution in [2.45, 2.75) is 0 Å². The largest absolute Gasteiger partial charge is 0.464 e. The van der Waals surface area contributed by atoms with Crippen LogP contribution in [0.5, 0.6) is 0 Å². The molecular weight excluding hydrogens is 334 g/mol. The minimum Gasteiger partial charge on any atom is -0.464 e. The molecule has 26 heavy (non-hydrogen) atoms. The van der Waals surface area contributed by atoms with Gasteiger partial charge in [-0.2, -0.15) is 0 Å². The molecule has 3 rings (SSSR count). The number of hydrogen-bond acceptors (Lipinski definition) is 5. The zero-order valence-corrected chi connectivity index (χ0v) is 14.7. The summed E-state index contributed by atoms with van der Waals surface area (Å²) in [5.74, 6) is -0.318. The number of aryl methyl sites for hydroxylation is 2. The van der Waals surface area contributed by atoms with Crippen molar-refractivity contribution in [1.29, 1.82) is 0 Å². The second-order valence-corrected chi connectivity index (χ2v) is 5.82. The molecule has 8 heteroatoms. The number of nitrogens with one attached hydrogen (secondary N) is 1.